The molecule has 0 N–H and O–H groups in total. The normalized spacial score (nSPS) is 33.7. The fourth-order valence-corrected chi connectivity index (χ4v) is 2.44. The number of hydrogen-bond donors (Lipinski definition) is 0. The van der Waals surface area contributed by atoms with Crippen LogP contribution in [0.25, 0.3) is 0 Å². The Balaban J connectivity index is 1.73. The van der Waals surface area contributed by atoms with Gasteiger partial charge in [0.2, 0.25) is 0 Å². The first kappa shape index (κ1) is 13.8. The molecule has 1 aliphatic heterocycles. The molecular weight excluding hydrogens is 231 g/mol. The second kappa shape index (κ2) is 7.05. The Morgan fingerprint density at radius 3 is 2.78 bits per heavy atom. The molecule has 3 heteroatoms. The zero-order valence-electron chi connectivity index (χ0n) is 11.1. The first-order valence-electron chi connectivity index (χ1n) is 7.04. The maximum atomic E-state index is 12.9. The molecule has 1 saturated heterocycles. The Hall–Kier alpha value is -0.670. The van der Waals surface area contributed by atoms with Crippen LogP contribution in [0.15, 0.2) is 24.1 Å². The van der Waals surface area contributed by atoms with Gasteiger partial charge < -0.3 is 9.47 Å². The van der Waals surface area contributed by atoms with Gasteiger partial charge in [0, 0.05) is 11.8 Å². The Bertz CT molecular complexity index is 304. The Labute approximate surface area is 109 Å². The Kier molecular flexibility index (Phi) is 5.39. The fourth-order valence-electron chi connectivity index (χ4n) is 2.44. The van der Waals surface area contributed by atoms with E-state index in [9.17, 15) is 4.39 Å². The largest absolute Gasteiger partial charge is 0.352 e. The molecule has 2 rings (SSSR count). The first-order valence-corrected chi connectivity index (χ1v) is 7.04. The van der Waals surface area contributed by atoms with Crippen molar-refractivity contribution in [2.24, 2.45) is 11.8 Å². The summed E-state index contributed by atoms with van der Waals surface area (Å²) in [6, 6.07) is 0. The van der Waals surface area contributed by atoms with Crippen molar-refractivity contribution >= 4 is 0 Å². The molecule has 0 bridgehead atoms. The zero-order chi connectivity index (χ0) is 12.8. The van der Waals surface area contributed by atoms with E-state index in [1.54, 1.807) is 6.08 Å². The summed E-state index contributed by atoms with van der Waals surface area (Å²) in [5, 5.41) is 0. The van der Waals surface area contributed by atoms with Gasteiger partial charge >= 0.3 is 0 Å². The number of rotatable bonds is 4. The highest BCUT2D eigenvalue weighted by Crippen LogP contribution is 2.30. The summed E-state index contributed by atoms with van der Waals surface area (Å²) in [6.07, 6.45) is 10.3. The predicted molar refractivity (Wildman–Crippen MR) is 69.8 cm³/mol. The summed E-state index contributed by atoms with van der Waals surface area (Å²) in [6.45, 7) is 3.63. The minimum absolute atomic E-state index is 0.0161. The van der Waals surface area contributed by atoms with Crippen molar-refractivity contribution in [2.75, 3.05) is 13.2 Å². The smallest absolute Gasteiger partial charge is 0.160 e. The Morgan fingerprint density at radius 2 is 2.17 bits per heavy atom. The molecule has 1 unspecified atom stereocenters. The summed E-state index contributed by atoms with van der Waals surface area (Å²) in [7, 11) is 0. The lowest BCUT2D eigenvalue weighted by atomic mass is 9.92. The third kappa shape index (κ3) is 3.92. The van der Waals surface area contributed by atoms with E-state index in [1.165, 1.54) is 6.42 Å². The van der Waals surface area contributed by atoms with Crippen molar-refractivity contribution in [1.29, 1.82) is 0 Å². The summed E-state index contributed by atoms with van der Waals surface area (Å²) >= 11 is 0. The van der Waals surface area contributed by atoms with E-state index in [0.717, 1.165) is 32.5 Å². The van der Waals surface area contributed by atoms with Crippen LogP contribution in [0.4, 0.5) is 4.39 Å². The van der Waals surface area contributed by atoms with Crippen LogP contribution in [0.2, 0.25) is 0 Å². The topological polar surface area (TPSA) is 18.5 Å². The van der Waals surface area contributed by atoms with Gasteiger partial charge in [0.25, 0.3) is 0 Å². The van der Waals surface area contributed by atoms with Gasteiger partial charge in [-0.25, -0.2) is 4.39 Å². The van der Waals surface area contributed by atoms with Crippen LogP contribution in [0.1, 0.15) is 39.0 Å². The summed E-state index contributed by atoms with van der Waals surface area (Å²) < 4.78 is 24.5. The lowest BCUT2D eigenvalue weighted by molar-refractivity contribution is -0.219. The van der Waals surface area contributed by atoms with Gasteiger partial charge in [-0.05, 0) is 25.7 Å². The number of unbranched alkanes of at least 4 members (excludes halogenated alkanes) is 1. The quantitative estimate of drug-likeness (QED) is 0.706. The molecule has 0 amide bonds. The lowest BCUT2D eigenvalue weighted by Gasteiger charge is -2.34. The molecule has 2 nitrogen and oxygen atoms in total. The third-order valence-electron chi connectivity index (χ3n) is 3.59. The van der Waals surface area contributed by atoms with Crippen LogP contribution < -0.4 is 0 Å². The van der Waals surface area contributed by atoms with Crippen molar-refractivity contribution in [3.05, 3.63) is 24.1 Å². The van der Waals surface area contributed by atoms with Gasteiger partial charge in [-0.2, -0.15) is 0 Å². The highest BCUT2D eigenvalue weighted by atomic mass is 19.1. The molecule has 0 aromatic heterocycles. The van der Waals surface area contributed by atoms with Crippen LogP contribution in [-0.4, -0.2) is 19.5 Å². The second-order valence-electron chi connectivity index (χ2n) is 5.20. The molecular formula is C15H23FO2. The summed E-state index contributed by atoms with van der Waals surface area (Å²) in [5.41, 5.74) is 0. The molecule has 1 heterocycles. The maximum Gasteiger partial charge on any atom is 0.160 e. The van der Waals surface area contributed by atoms with Gasteiger partial charge in [-0.1, -0.05) is 31.6 Å². The predicted octanol–water partition coefficient (Wildman–Crippen LogP) is 3.99. The highest BCUT2D eigenvalue weighted by molar-refractivity contribution is 4.99. The number of halogens is 1. The van der Waals surface area contributed by atoms with Gasteiger partial charge in [-0.15, -0.1) is 0 Å². The van der Waals surface area contributed by atoms with E-state index in [2.05, 4.69) is 19.1 Å². The van der Waals surface area contributed by atoms with E-state index < -0.39 is 0 Å². The van der Waals surface area contributed by atoms with Gasteiger partial charge in [0.05, 0.1) is 19.0 Å². The SMILES string of the molecule is CCC/C=C/C1COC(C2CC=C(F)CC2)OC1. The third-order valence-corrected chi connectivity index (χ3v) is 3.59. The molecule has 0 radical (unpaired) electrons. The van der Waals surface area contributed by atoms with Gasteiger partial charge in [0.1, 0.15) is 0 Å². The minimum atomic E-state index is -0.134. The van der Waals surface area contributed by atoms with Crippen molar-refractivity contribution < 1.29 is 13.9 Å². The Morgan fingerprint density at radius 1 is 1.39 bits per heavy atom. The summed E-state index contributed by atoms with van der Waals surface area (Å²) in [4.78, 5) is 0. The molecule has 0 aromatic rings. The van der Waals surface area contributed by atoms with E-state index >= 15 is 0 Å². The summed E-state index contributed by atoms with van der Waals surface area (Å²) in [5.74, 6) is 0.719. The standard InChI is InChI=1S/C15H23FO2/c1-2-3-4-5-12-10-17-15(18-11-12)13-6-8-14(16)9-7-13/h4-5,8,12-13,15H,2-3,6-7,9-11H2,1H3/b5-4+. The van der Waals surface area contributed by atoms with Gasteiger partial charge in [0.15, 0.2) is 6.29 Å². The average Bonchev–Trinajstić information content (AvgIpc) is 2.41. The van der Waals surface area contributed by atoms with Crippen LogP contribution in [0.5, 0.6) is 0 Å². The molecule has 18 heavy (non-hydrogen) atoms. The average molecular weight is 254 g/mol. The highest BCUT2D eigenvalue weighted by Gasteiger charge is 2.29. The maximum absolute atomic E-state index is 12.9. The minimum Gasteiger partial charge on any atom is -0.352 e. The number of allylic oxidation sites excluding steroid dienone is 3. The first-order chi connectivity index (χ1) is 8.79. The molecule has 1 aliphatic carbocycles. The van der Waals surface area contributed by atoms with E-state index in [0.29, 0.717) is 18.3 Å². The number of ether oxygens (including phenoxy) is 2. The molecule has 1 atom stereocenters. The molecule has 2 aliphatic rings. The lowest BCUT2D eigenvalue weighted by Crippen LogP contribution is -2.36. The second-order valence-corrected chi connectivity index (χ2v) is 5.20. The van der Waals surface area contributed by atoms with Crippen LogP contribution in [0.3, 0.4) is 0 Å². The molecule has 102 valence electrons. The van der Waals surface area contributed by atoms with Crippen molar-refractivity contribution in [3.8, 4) is 0 Å². The molecule has 0 saturated carbocycles. The van der Waals surface area contributed by atoms with Crippen LogP contribution in [0, 0.1) is 11.8 Å². The molecule has 1 fully saturated rings. The monoisotopic (exact) mass is 254 g/mol. The molecule has 0 spiro atoms. The van der Waals surface area contributed by atoms with Crippen molar-refractivity contribution in [2.45, 2.75) is 45.3 Å². The van der Waals surface area contributed by atoms with Crippen molar-refractivity contribution in [1.82, 2.24) is 0 Å². The van der Waals surface area contributed by atoms with E-state index in [-0.39, 0.29) is 12.1 Å². The van der Waals surface area contributed by atoms with E-state index in [1.807, 2.05) is 0 Å². The van der Waals surface area contributed by atoms with Gasteiger partial charge in [-0.3, -0.25) is 0 Å². The zero-order valence-corrected chi connectivity index (χ0v) is 11.1. The van der Waals surface area contributed by atoms with Crippen LogP contribution in [-0.2, 0) is 9.47 Å². The van der Waals surface area contributed by atoms with Crippen molar-refractivity contribution in [3.63, 3.8) is 0 Å². The van der Waals surface area contributed by atoms with Crippen LogP contribution >= 0.6 is 0 Å². The fraction of sp³-hybridized carbons (Fsp3) is 0.733. The number of hydrogen-bond acceptors (Lipinski definition) is 2. The van der Waals surface area contributed by atoms with E-state index in [4.69, 9.17) is 9.47 Å². The molecule has 0 aromatic carbocycles.